The Balaban J connectivity index is 1.68. The number of fused-ring (bicyclic) bond motifs is 1. The number of hydrogen-bond acceptors (Lipinski definition) is 10. The van der Waals surface area contributed by atoms with Crippen LogP contribution in [0.15, 0.2) is 36.7 Å². The molecule has 0 saturated heterocycles. The van der Waals surface area contributed by atoms with Crippen LogP contribution in [0, 0.1) is 6.08 Å². The third kappa shape index (κ3) is 13.6. The summed E-state index contributed by atoms with van der Waals surface area (Å²) >= 11 is 0. The third-order valence-corrected chi connectivity index (χ3v) is 10.2. The van der Waals surface area contributed by atoms with Gasteiger partial charge in [-0.3, -0.25) is 9.32 Å². The largest absolute Gasteiger partial charge is 0.461 e. The van der Waals surface area contributed by atoms with Crippen molar-refractivity contribution in [1.82, 2.24) is 24.6 Å². The molecule has 2 aromatic heterocycles. The number of nitrogens with two attached hydrogens (primary N) is 1. The molecule has 0 aliphatic rings. The molecule has 0 amide bonds. The molecule has 3 rings (SSSR count). The zero-order valence-corrected chi connectivity index (χ0v) is 30.8. The lowest BCUT2D eigenvalue weighted by Crippen LogP contribution is -2.39. The van der Waals surface area contributed by atoms with Crippen molar-refractivity contribution in [3.63, 3.8) is 0 Å². The minimum Gasteiger partial charge on any atom is -0.461 e. The Morgan fingerprint density at radius 1 is 1.02 bits per heavy atom. The summed E-state index contributed by atoms with van der Waals surface area (Å²) < 4.78 is 53.4. The molecule has 0 aliphatic carbocycles. The maximum absolute atomic E-state index is 14.3. The number of carbonyl (C=O) groups excluding carboxylic acids is 1. The summed E-state index contributed by atoms with van der Waals surface area (Å²) in [5, 5.41) is 2.81. The highest BCUT2D eigenvalue weighted by molar-refractivity contribution is 7.52. The number of halogens is 1. The monoisotopic (exact) mass is 706 g/mol. The second-order valence-electron chi connectivity index (χ2n) is 12.9. The molecule has 0 saturated carbocycles. The topological polar surface area (TPSA) is 153 Å². The molecule has 274 valence electrons. The number of ether oxygens (including phenoxy) is 2. The van der Waals surface area contributed by atoms with E-state index in [9.17, 15) is 13.8 Å². The van der Waals surface area contributed by atoms with Gasteiger partial charge < -0.3 is 24.3 Å². The Labute approximate surface area is 290 Å². The van der Waals surface area contributed by atoms with Crippen LogP contribution in [0.2, 0.25) is 0 Å². The van der Waals surface area contributed by atoms with Crippen molar-refractivity contribution in [2.75, 3.05) is 19.5 Å². The maximum atomic E-state index is 14.3. The van der Waals surface area contributed by atoms with E-state index in [1.807, 2.05) is 6.07 Å². The summed E-state index contributed by atoms with van der Waals surface area (Å²) in [5.41, 5.74) is 5.36. The summed E-state index contributed by atoms with van der Waals surface area (Å²) in [5.74, 6) is -0.260. The van der Waals surface area contributed by atoms with E-state index in [1.54, 1.807) is 42.7 Å². The lowest BCUT2D eigenvalue weighted by molar-refractivity contribution is -0.151. The van der Waals surface area contributed by atoms with Gasteiger partial charge in [0.15, 0.2) is 11.5 Å². The fourth-order valence-electron chi connectivity index (χ4n) is 5.39. The number of esters is 1. The van der Waals surface area contributed by atoms with Crippen LogP contribution in [0.4, 0.5) is 10.2 Å². The molecular formula is C35H56FN6O6P. The van der Waals surface area contributed by atoms with E-state index in [4.69, 9.17) is 24.3 Å². The van der Waals surface area contributed by atoms with Gasteiger partial charge in [-0.15, -0.1) is 0 Å². The maximum Gasteiger partial charge on any atom is 0.459 e. The number of methoxy groups -OCH3 is 1. The minimum absolute atomic E-state index is 0.0536. The van der Waals surface area contributed by atoms with Gasteiger partial charge in [-0.05, 0) is 58.1 Å². The second kappa shape index (κ2) is 20.5. The Morgan fingerprint density at radius 2 is 1.65 bits per heavy atom. The van der Waals surface area contributed by atoms with E-state index in [-0.39, 0.29) is 29.7 Å². The third-order valence-electron chi connectivity index (χ3n) is 8.59. The van der Waals surface area contributed by atoms with Gasteiger partial charge in [0.25, 0.3) is 0 Å². The number of unbranched alkanes of at least 4 members (excludes halogenated alkanes) is 8. The Bertz CT molecular complexity index is 1450. The van der Waals surface area contributed by atoms with E-state index < -0.39 is 31.4 Å². The first-order chi connectivity index (χ1) is 23.5. The number of hydrogen-bond donors (Lipinski definition) is 2. The number of nitrogens with one attached hydrogen (secondary N) is 1. The highest BCUT2D eigenvalue weighted by Gasteiger charge is 2.36. The first-order valence-corrected chi connectivity index (χ1v) is 19.2. The Hall–Kier alpha value is -3.12. The van der Waals surface area contributed by atoms with E-state index in [0.29, 0.717) is 18.7 Å². The van der Waals surface area contributed by atoms with Crippen molar-refractivity contribution >= 4 is 30.7 Å². The van der Waals surface area contributed by atoms with Crippen LogP contribution in [-0.2, 0) is 29.9 Å². The van der Waals surface area contributed by atoms with Gasteiger partial charge in [-0.2, -0.15) is 19.4 Å². The van der Waals surface area contributed by atoms with Crippen molar-refractivity contribution in [2.24, 2.45) is 0 Å². The number of aromatic nitrogens is 4. The van der Waals surface area contributed by atoms with Crippen LogP contribution in [0.1, 0.15) is 111 Å². The highest BCUT2D eigenvalue weighted by atomic mass is 31.2. The van der Waals surface area contributed by atoms with Gasteiger partial charge >= 0.3 is 19.8 Å². The van der Waals surface area contributed by atoms with Gasteiger partial charge in [0.05, 0.1) is 18.5 Å². The van der Waals surface area contributed by atoms with Gasteiger partial charge in [-0.1, -0.05) is 83.4 Å². The average molecular weight is 707 g/mol. The number of nitrogen functional groups attached to an aromatic ring is 1. The number of anilines is 1. The van der Waals surface area contributed by atoms with Gasteiger partial charge in [0.1, 0.15) is 23.4 Å². The van der Waals surface area contributed by atoms with Crippen LogP contribution in [0.25, 0.3) is 11.2 Å². The normalized spacial score (nSPS) is 14.8. The predicted molar refractivity (Wildman–Crippen MR) is 190 cm³/mol. The number of rotatable bonds is 25. The molecule has 12 nitrogen and oxygen atoms in total. The smallest absolute Gasteiger partial charge is 0.459 e. The second-order valence-corrected chi connectivity index (χ2v) is 14.6. The van der Waals surface area contributed by atoms with Crippen molar-refractivity contribution in [3.8, 4) is 5.75 Å². The number of para-hydroxylation sites is 1. The molecule has 3 N–H and O–H groups in total. The molecule has 0 fully saturated rings. The summed E-state index contributed by atoms with van der Waals surface area (Å²) in [4.78, 5) is 25.0. The molecule has 1 aromatic carbocycles. The van der Waals surface area contributed by atoms with Gasteiger partial charge in [0, 0.05) is 13.7 Å². The minimum atomic E-state index is -4.14. The molecule has 0 radical (unpaired) electrons. The zero-order valence-electron chi connectivity index (χ0n) is 29.9. The lowest BCUT2D eigenvalue weighted by atomic mass is 10.0. The molecule has 0 spiro atoms. The van der Waals surface area contributed by atoms with E-state index >= 15 is 0 Å². The number of benzene rings is 1. The standard InChI is InChI=1S/C35H56FN6O6P/c1-6-8-10-12-15-19-28(20-16-13-11-9-7-2)47-33(43)27(3)41-49(44,48-29-21-17-14-18-22-29)46-25-35(4,45-5)23-24-42-26-38-30-31(37)39-34(36)40-32(30)42/h14,17-18,21-22,26-28H,6-13,15-16,19-20,23-25H2,1-5H3,(H,41,44)(H2,37,39,40)/t27-,35-,49?/m0/s1. The van der Waals surface area contributed by atoms with Crippen molar-refractivity contribution in [3.05, 3.63) is 42.7 Å². The average Bonchev–Trinajstić information content (AvgIpc) is 3.49. The summed E-state index contributed by atoms with van der Waals surface area (Å²) in [6.07, 6.45) is 13.5. The van der Waals surface area contributed by atoms with Crippen LogP contribution in [0.5, 0.6) is 5.75 Å². The molecule has 0 bridgehead atoms. The van der Waals surface area contributed by atoms with Gasteiger partial charge in [0.2, 0.25) is 0 Å². The van der Waals surface area contributed by atoms with Crippen molar-refractivity contribution in [2.45, 2.75) is 135 Å². The molecule has 49 heavy (non-hydrogen) atoms. The van der Waals surface area contributed by atoms with E-state index in [2.05, 4.69) is 33.9 Å². The van der Waals surface area contributed by atoms with Crippen LogP contribution >= 0.6 is 7.75 Å². The Morgan fingerprint density at radius 3 is 2.27 bits per heavy atom. The molecule has 3 atom stereocenters. The van der Waals surface area contributed by atoms with Crippen molar-refractivity contribution < 1.29 is 32.3 Å². The fraction of sp³-hybridized carbons (Fsp3) is 0.657. The van der Waals surface area contributed by atoms with E-state index in [1.165, 1.54) is 52.0 Å². The predicted octanol–water partition coefficient (Wildman–Crippen LogP) is 8.16. The molecule has 1 unspecified atom stereocenters. The first kappa shape index (κ1) is 40.3. The number of imidazole rings is 1. The first-order valence-electron chi connectivity index (χ1n) is 17.7. The SMILES string of the molecule is CCCCCCCC(CCCCCCC)OC(=O)[C@H](C)NP(=O)(OC[C@](C)(CCn1cnc2c(N)nc(F)nc21)OC)Oc1ccccc1. The van der Waals surface area contributed by atoms with Crippen LogP contribution < -0.4 is 15.3 Å². The molecule has 2 heterocycles. The summed E-state index contributed by atoms with van der Waals surface area (Å²) in [7, 11) is -2.63. The molecule has 0 aliphatic heterocycles. The lowest BCUT2D eigenvalue weighted by Gasteiger charge is -2.31. The number of nitrogens with zero attached hydrogens (tertiary/aromatic N) is 4. The highest BCUT2D eigenvalue weighted by Crippen LogP contribution is 2.46. The van der Waals surface area contributed by atoms with Gasteiger partial charge in [-0.25, -0.2) is 9.55 Å². The van der Waals surface area contributed by atoms with Crippen LogP contribution in [0.3, 0.4) is 0 Å². The summed E-state index contributed by atoms with van der Waals surface area (Å²) in [6.45, 7) is 7.89. The molecule has 3 aromatic rings. The molecular weight excluding hydrogens is 650 g/mol. The zero-order chi connectivity index (χ0) is 35.7. The van der Waals surface area contributed by atoms with E-state index in [0.717, 1.165) is 38.5 Å². The fourth-order valence-corrected chi connectivity index (χ4v) is 7.00. The van der Waals surface area contributed by atoms with Crippen molar-refractivity contribution in [1.29, 1.82) is 0 Å². The van der Waals surface area contributed by atoms with Crippen LogP contribution in [-0.4, -0.2) is 57.0 Å². The Kier molecular flexibility index (Phi) is 16.9. The molecule has 14 heteroatoms. The quantitative estimate of drug-likeness (QED) is 0.0380. The number of carbonyl (C=O) groups is 1. The summed E-state index contributed by atoms with van der Waals surface area (Å²) in [6, 6.07) is 7.63. The number of aryl methyl sites for hydroxylation is 1.